The number of ether oxygens (including phenoxy) is 2. The van der Waals surface area contributed by atoms with Crippen LogP contribution in [-0.4, -0.2) is 31.1 Å². The number of hydrogen-bond acceptors (Lipinski definition) is 2. The van der Waals surface area contributed by atoms with Crippen molar-refractivity contribution in [3.8, 4) is 11.5 Å². The molecule has 0 aromatic heterocycles. The van der Waals surface area contributed by atoms with Gasteiger partial charge in [0.25, 0.3) is 0 Å². The monoisotopic (exact) mass is 375 g/mol. The fraction of sp³-hybridized carbons (Fsp3) is 0.316. The third-order valence-corrected chi connectivity index (χ3v) is 4.34. The molecule has 0 radical (unpaired) electrons. The Kier molecular flexibility index (Phi) is 5.83. The Morgan fingerprint density at radius 2 is 1.65 bits per heavy atom. The van der Waals surface area contributed by atoms with E-state index in [4.69, 9.17) is 9.47 Å². The molecular formula is C19H22BrNO2. The third-order valence-electron chi connectivity index (χ3n) is 4.34. The lowest BCUT2D eigenvalue weighted by molar-refractivity contribution is -0.545. The molecule has 0 unspecified atom stereocenters. The second kappa shape index (κ2) is 7.64. The van der Waals surface area contributed by atoms with E-state index in [0.29, 0.717) is 0 Å². The maximum absolute atomic E-state index is 5.45. The van der Waals surface area contributed by atoms with Crippen molar-refractivity contribution >= 4 is 5.71 Å². The van der Waals surface area contributed by atoms with Crippen molar-refractivity contribution in [1.29, 1.82) is 0 Å². The smallest absolute Gasteiger partial charge is 0.180 e. The maximum atomic E-state index is 5.45. The van der Waals surface area contributed by atoms with Gasteiger partial charge in [-0.2, -0.15) is 0 Å². The lowest BCUT2D eigenvalue weighted by Gasteiger charge is -2.19. The summed E-state index contributed by atoms with van der Waals surface area (Å²) in [6.45, 7) is 4.16. The molecule has 2 aromatic carbocycles. The Bertz CT molecular complexity index is 711. The normalized spacial score (nSPS) is 13.2. The summed E-state index contributed by atoms with van der Waals surface area (Å²) in [4.78, 5) is 0. The predicted octanol–water partition coefficient (Wildman–Crippen LogP) is 0.286. The van der Waals surface area contributed by atoms with E-state index in [1.807, 2.05) is 0 Å². The van der Waals surface area contributed by atoms with Crippen molar-refractivity contribution in [3.63, 3.8) is 0 Å². The van der Waals surface area contributed by atoms with E-state index in [1.165, 1.54) is 22.4 Å². The van der Waals surface area contributed by atoms with E-state index in [-0.39, 0.29) is 17.0 Å². The van der Waals surface area contributed by atoms with Crippen LogP contribution in [0.2, 0.25) is 0 Å². The highest BCUT2D eigenvalue weighted by Crippen LogP contribution is 2.32. The molecule has 2 aromatic rings. The summed E-state index contributed by atoms with van der Waals surface area (Å²) in [5.74, 6) is 1.60. The number of fused-ring (bicyclic) bond motifs is 1. The zero-order chi connectivity index (χ0) is 15.5. The molecule has 0 amide bonds. The summed E-state index contributed by atoms with van der Waals surface area (Å²) in [6.07, 6.45) is 1.03. The van der Waals surface area contributed by atoms with E-state index in [2.05, 4.69) is 54.0 Å². The van der Waals surface area contributed by atoms with Crippen LogP contribution in [0.25, 0.3) is 0 Å². The first kappa shape index (κ1) is 17.5. The third kappa shape index (κ3) is 3.58. The molecule has 0 saturated carbocycles. The molecule has 0 N–H and O–H groups in total. The van der Waals surface area contributed by atoms with Crippen LogP contribution in [0.1, 0.15) is 23.6 Å². The summed E-state index contributed by atoms with van der Waals surface area (Å²) >= 11 is 0. The number of halogens is 1. The molecule has 3 nitrogen and oxygen atoms in total. The molecule has 122 valence electrons. The van der Waals surface area contributed by atoms with Gasteiger partial charge >= 0.3 is 0 Å². The van der Waals surface area contributed by atoms with Crippen molar-refractivity contribution in [2.75, 3.05) is 20.8 Å². The quantitative estimate of drug-likeness (QED) is 0.716. The summed E-state index contributed by atoms with van der Waals surface area (Å²) in [6, 6.07) is 14.8. The largest absolute Gasteiger partial charge is 1.00 e. The van der Waals surface area contributed by atoms with Crippen LogP contribution in [0.5, 0.6) is 11.5 Å². The van der Waals surface area contributed by atoms with Crippen molar-refractivity contribution in [2.45, 2.75) is 19.9 Å². The molecule has 0 fully saturated rings. The Morgan fingerprint density at radius 3 is 2.30 bits per heavy atom. The van der Waals surface area contributed by atoms with Gasteiger partial charge in [0.15, 0.2) is 23.8 Å². The first-order valence-electron chi connectivity index (χ1n) is 7.60. The van der Waals surface area contributed by atoms with Gasteiger partial charge in [0.2, 0.25) is 0 Å². The van der Waals surface area contributed by atoms with Crippen LogP contribution >= 0.6 is 0 Å². The van der Waals surface area contributed by atoms with Gasteiger partial charge < -0.3 is 26.5 Å². The lowest BCUT2D eigenvalue weighted by atomic mass is 9.96. The molecule has 23 heavy (non-hydrogen) atoms. The minimum atomic E-state index is 0. The summed E-state index contributed by atoms with van der Waals surface area (Å²) in [5.41, 5.74) is 5.23. The van der Waals surface area contributed by atoms with Crippen molar-refractivity contribution in [1.82, 2.24) is 0 Å². The summed E-state index contributed by atoms with van der Waals surface area (Å²) < 4.78 is 13.3. The van der Waals surface area contributed by atoms with Crippen molar-refractivity contribution in [2.24, 2.45) is 0 Å². The Balaban J connectivity index is 0.00000192. The number of hydrogen-bond donors (Lipinski definition) is 0. The molecule has 0 saturated heterocycles. The van der Waals surface area contributed by atoms with Gasteiger partial charge in [0, 0.05) is 24.5 Å². The Labute approximate surface area is 148 Å². The van der Waals surface area contributed by atoms with E-state index in [9.17, 15) is 0 Å². The highest BCUT2D eigenvalue weighted by atomic mass is 79.9. The number of methoxy groups -OCH3 is 2. The molecule has 0 bridgehead atoms. The van der Waals surface area contributed by atoms with Crippen LogP contribution in [0, 0.1) is 0 Å². The standard InChI is InChI=1S/C19H22NO2.BrH/c1-14-17-12-19(22-3)18(21-2)11-16(17)9-10-20(14)13-15-7-5-4-6-8-15;/h4-8,11-12H,9-10,13H2,1-3H3;1H/q+1;/p-1. The molecule has 0 atom stereocenters. The van der Waals surface area contributed by atoms with E-state index in [0.717, 1.165) is 31.0 Å². The molecule has 3 rings (SSSR count). The summed E-state index contributed by atoms with van der Waals surface area (Å²) in [5, 5.41) is 0. The Hall–Kier alpha value is -1.81. The van der Waals surface area contributed by atoms with Gasteiger partial charge in [-0.3, -0.25) is 0 Å². The van der Waals surface area contributed by atoms with Crippen LogP contribution in [0.3, 0.4) is 0 Å². The first-order valence-corrected chi connectivity index (χ1v) is 7.60. The van der Waals surface area contributed by atoms with Gasteiger partial charge in [-0.1, -0.05) is 30.3 Å². The first-order chi connectivity index (χ1) is 10.7. The van der Waals surface area contributed by atoms with Gasteiger partial charge in [-0.15, -0.1) is 0 Å². The molecule has 1 aliphatic heterocycles. The van der Waals surface area contributed by atoms with Crippen molar-refractivity contribution in [3.05, 3.63) is 59.2 Å². The average molecular weight is 376 g/mol. The van der Waals surface area contributed by atoms with Gasteiger partial charge in [-0.25, -0.2) is 4.58 Å². The van der Waals surface area contributed by atoms with Crippen LogP contribution in [0.4, 0.5) is 0 Å². The van der Waals surface area contributed by atoms with E-state index < -0.39 is 0 Å². The second-order valence-electron chi connectivity index (χ2n) is 5.61. The lowest BCUT2D eigenvalue weighted by Crippen LogP contribution is -3.00. The minimum Gasteiger partial charge on any atom is -1.00 e. The molecule has 4 heteroatoms. The molecule has 1 aliphatic rings. The van der Waals surface area contributed by atoms with Gasteiger partial charge in [0.1, 0.15) is 6.54 Å². The molecule has 0 aliphatic carbocycles. The zero-order valence-electron chi connectivity index (χ0n) is 13.8. The molecular weight excluding hydrogens is 354 g/mol. The fourth-order valence-corrected chi connectivity index (χ4v) is 3.06. The van der Waals surface area contributed by atoms with Gasteiger partial charge in [-0.05, 0) is 17.7 Å². The predicted molar refractivity (Wildman–Crippen MR) is 88.3 cm³/mol. The number of nitrogens with zero attached hydrogens (tertiary/aromatic N) is 1. The molecule has 1 heterocycles. The van der Waals surface area contributed by atoms with Gasteiger partial charge in [0.05, 0.1) is 14.2 Å². The fourth-order valence-electron chi connectivity index (χ4n) is 3.06. The van der Waals surface area contributed by atoms with E-state index >= 15 is 0 Å². The van der Waals surface area contributed by atoms with Crippen LogP contribution in [-0.2, 0) is 13.0 Å². The van der Waals surface area contributed by atoms with Crippen LogP contribution < -0.4 is 26.5 Å². The van der Waals surface area contributed by atoms with Crippen molar-refractivity contribution < 1.29 is 31.0 Å². The Morgan fingerprint density at radius 1 is 1.00 bits per heavy atom. The topological polar surface area (TPSA) is 21.5 Å². The highest BCUT2D eigenvalue weighted by molar-refractivity contribution is 5.97. The second-order valence-corrected chi connectivity index (χ2v) is 5.61. The number of benzene rings is 2. The zero-order valence-corrected chi connectivity index (χ0v) is 15.4. The number of rotatable bonds is 4. The van der Waals surface area contributed by atoms with E-state index in [1.54, 1.807) is 14.2 Å². The van der Waals surface area contributed by atoms with Crippen LogP contribution in [0.15, 0.2) is 42.5 Å². The highest BCUT2D eigenvalue weighted by Gasteiger charge is 2.24. The minimum absolute atomic E-state index is 0. The summed E-state index contributed by atoms with van der Waals surface area (Å²) in [7, 11) is 3.37. The average Bonchev–Trinajstić information content (AvgIpc) is 2.57. The molecule has 0 spiro atoms. The maximum Gasteiger partial charge on any atom is 0.180 e. The SMILES string of the molecule is COc1cc2c(cc1OC)C(C)=[N+](Cc1ccccc1)CC2.[Br-].